The molecule has 1 aromatic carbocycles. The second kappa shape index (κ2) is 8.61. The number of nitrogens with two attached hydrogens (primary N) is 3. The number of amidine groups is 1. The smallest absolute Gasteiger partial charge is 0.154 e. The molecule has 0 spiro atoms. The quantitative estimate of drug-likeness (QED) is 0.149. The topological polar surface area (TPSA) is 141 Å². The van der Waals surface area contributed by atoms with E-state index in [1.54, 1.807) is 18.2 Å². The van der Waals surface area contributed by atoms with Gasteiger partial charge >= 0.3 is 0 Å². The van der Waals surface area contributed by atoms with Crippen molar-refractivity contribution < 1.29 is 8.95 Å². The Balaban J connectivity index is 2.29. The van der Waals surface area contributed by atoms with Crippen LogP contribution in [0.15, 0.2) is 28.2 Å². The van der Waals surface area contributed by atoms with Gasteiger partial charge in [0.1, 0.15) is 11.0 Å². The zero-order valence-corrected chi connectivity index (χ0v) is 13.4. The molecule has 2 unspecified atom stereocenters. The summed E-state index contributed by atoms with van der Waals surface area (Å²) in [5.74, 6) is 11.3. The molecule has 1 fully saturated rings. The molecular weight excluding hydrogens is 316 g/mol. The summed E-state index contributed by atoms with van der Waals surface area (Å²) in [7, 11) is -1.72. The average Bonchev–Trinajstić information content (AvgIpc) is 2.55. The number of hydrazine groups is 1. The number of morpholine rings is 1. The van der Waals surface area contributed by atoms with Gasteiger partial charge in [-0.3, -0.25) is 0 Å². The van der Waals surface area contributed by atoms with E-state index in [0.717, 1.165) is 13.1 Å². The van der Waals surface area contributed by atoms with Crippen molar-refractivity contribution in [2.24, 2.45) is 21.8 Å². The molecule has 23 heavy (non-hydrogen) atoms. The summed E-state index contributed by atoms with van der Waals surface area (Å²) >= 11 is 0. The van der Waals surface area contributed by atoms with Crippen LogP contribution in [0.5, 0.6) is 0 Å². The maximum Gasteiger partial charge on any atom is 0.154 e. The lowest BCUT2D eigenvalue weighted by Crippen LogP contribution is -2.38. The van der Waals surface area contributed by atoms with Gasteiger partial charge in [-0.15, -0.1) is 5.10 Å². The Morgan fingerprint density at radius 3 is 3.04 bits per heavy atom. The molecule has 2 atom stereocenters. The number of rotatable bonds is 4. The van der Waals surface area contributed by atoms with Crippen LogP contribution in [0, 0.1) is 11.8 Å². The molecule has 1 aliphatic rings. The van der Waals surface area contributed by atoms with E-state index in [-0.39, 0.29) is 11.9 Å². The highest BCUT2D eigenvalue weighted by atomic mass is 32.2. The monoisotopic (exact) mass is 336 g/mol. The molecule has 1 aromatic rings. The van der Waals surface area contributed by atoms with E-state index in [1.807, 2.05) is 0 Å². The Morgan fingerprint density at radius 1 is 1.57 bits per heavy atom. The van der Waals surface area contributed by atoms with E-state index in [0.29, 0.717) is 29.1 Å². The van der Waals surface area contributed by atoms with E-state index >= 15 is 0 Å². The van der Waals surface area contributed by atoms with Gasteiger partial charge < -0.3 is 15.8 Å². The zero-order chi connectivity index (χ0) is 16.7. The first-order valence-corrected chi connectivity index (χ1v) is 8.24. The van der Waals surface area contributed by atoms with Gasteiger partial charge in [0, 0.05) is 25.1 Å². The second-order valence-electron chi connectivity index (χ2n) is 4.81. The van der Waals surface area contributed by atoms with Gasteiger partial charge in [0.2, 0.25) is 0 Å². The zero-order valence-electron chi connectivity index (χ0n) is 12.5. The van der Waals surface area contributed by atoms with E-state index in [2.05, 4.69) is 27.8 Å². The first-order chi connectivity index (χ1) is 11.1. The molecule has 0 bridgehead atoms. The van der Waals surface area contributed by atoms with Crippen LogP contribution in [0.1, 0.15) is 17.5 Å². The molecule has 8 nitrogen and oxygen atoms in total. The highest BCUT2D eigenvalue weighted by Crippen LogP contribution is 2.16. The molecule has 0 saturated carbocycles. The SMILES string of the molecule is NN/N=C(\N)c1c(C#CCC2CNCCO2)cccc1S(N)=O. The fraction of sp³-hybridized carbons (Fsp3) is 0.357. The molecule has 0 amide bonds. The van der Waals surface area contributed by atoms with Crippen LogP contribution in [0.3, 0.4) is 0 Å². The van der Waals surface area contributed by atoms with Crippen LogP contribution in [0.4, 0.5) is 0 Å². The summed E-state index contributed by atoms with van der Waals surface area (Å²) in [6.45, 7) is 2.31. The minimum Gasteiger partial charge on any atom is -0.382 e. The predicted molar refractivity (Wildman–Crippen MR) is 89.2 cm³/mol. The lowest BCUT2D eigenvalue weighted by Gasteiger charge is -2.21. The Kier molecular flexibility index (Phi) is 6.52. The Labute approximate surface area is 137 Å². The fourth-order valence-electron chi connectivity index (χ4n) is 2.20. The van der Waals surface area contributed by atoms with Crippen molar-refractivity contribution in [1.29, 1.82) is 0 Å². The number of benzene rings is 1. The number of hydrogen-bond donors (Lipinski definition) is 5. The molecule has 0 aromatic heterocycles. The Bertz CT molecular complexity index is 661. The van der Waals surface area contributed by atoms with Crippen molar-refractivity contribution in [1.82, 2.24) is 10.9 Å². The van der Waals surface area contributed by atoms with Gasteiger partial charge in [0.25, 0.3) is 0 Å². The minimum atomic E-state index is -1.72. The van der Waals surface area contributed by atoms with Crippen LogP contribution in [-0.2, 0) is 15.7 Å². The summed E-state index contributed by atoms with van der Waals surface area (Å²) in [5.41, 5.74) is 8.99. The Morgan fingerprint density at radius 2 is 2.39 bits per heavy atom. The summed E-state index contributed by atoms with van der Waals surface area (Å²) < 4.78 is 17.3. The van der Waals surface area contributed by atoms with E-state index in [1.165, 1.54) is 0 Å². The fourth-order valence-corrected chi connectivity index (χ4v) is 2.83. The van der Waals surface area contributed by atoms with Crippen molar-refractivity contribution in [3.8, 4) is 11.8 Å². The van der Waals surface area contributed by atoms with Crippen LogP contribution >= 0.6 is 0 Å². The van der Waals surface area contributed by atoms with Crippen molar-refractivity contribution >= 4 is 16.8 Å². The molecular formula is C14H20N6O2S. The van der Waals surface area contributed by atoms with Crippen LogP contribution in [0.25, 0.3) is 0 Å². The van der Waals surface area contributed by atoms with Crippen LogP contribution in [0.2, 0.25) is 0 Å². The number of hydrazone groups is 1. The van der Waals surface area contributed by atoms with E-state index in [4.69, 9.17) is 21.5 Å². The lowest BCUT2D eigenvalue weighted by molar-refractivity contribution is 0.0322. The van der Waals surface area contributed by atoms with Gasteiger partial charge in [0.05, 0.1) is 23.2 Å². The molecule has 124 valence electrons. The molecule has 1 heterocycles. The summed E-state index contributed by atoms with van der Waals surface area (Å²) in [5, 5.41) is 12.5. The molecule has 2 rings (SSSR count). The molecule has 1 aliphatic heterocycles. The van der Waals surface area contributed by atoms with Gasteiger partial charge in [-0.25, -0.2) is 20.7 Å². The third kappa shape index (κ3) is 4.75. The van der Waals surface area contributed by atoms with Crippen molar-refractivity contribution in [3.63, 3.8) is 0 Å². The van der Waals surface area contributed by atoms with Gasteiger partial charge in [0.15, 0.2) is 5.84 Å². The normalized spacial score (nSPS) is 19.6. The van der Waals surface area contributed by atoms with Crippen molar-refractivity contribution in [3.05, 3.63) is 29.3 Å². The van der Waals surface area contributed by atoms with Gasteiger partial charge in [-0.1, -0.05) is 17.9 Å². The molecule has 0 radical (unpaired) electrons. The van der Waals surface area contributed by atoms with Crippen LogP contribution < -0.4 is 27.6 Å². The van der Waals surface area contributed by atoms with Crippen molar-refractivity contribution in [2.75, 3.05) is 19.7 Å². The first-order valence-electron chi connectivity index (χ1n) is 7.03. The minimum absolute atomic E-state index is 0.0586. The number of hydrogen-bond acceptors (Lipinski definition) is 6. The first kappa shape index (κ1) is 17.4. The highest BCUT2D eigenvalue weighted by molar-refractivity contribution is 7.82. The van der Waals surface area contributed by atoms with Gasteiger partial charge in [-0.05, 0) is 12.1 Å². The molecule has 1 saturated heterocycles. The number of nitrogens with zero attached hydrogens (tertiary/aromatic N) is 1. The highest BCUT2D eigenvalue weighted by Gasteiger charge is 2.15. The maximum atomic E-state index is 11.7. The standard InChI is InChI=1S/C14H20N6O2S/c15-14(19-20-16)13-10(4-2-6-12(13)23(17)21)3-1-5-11-9-18-7-8-22-11/h2,4,6,11,18,20H,5,7-9,16-17H2,(H2,15,19). The van der Waals surface area contributed by atoms with E-state index in [9.17, 15) is 4.21 Å². The summed E-state index contributed by atoms with van der Waals surface area (Å²) in [6, 6.07) is 5.09. The Hall–Kier alpha value is -1.96. The molecule has 0 aliphatic carbocycles. The van der Waals surface area contributed by atoms with Gasteiger partial charge in [-0.2, -0.15) is 0 Å². The van der Waals surface area contributed by atoms with Crippen molar-refractivity contribution in [2.45, 2.75) is 17.4 Å². The second-order valence-corrected chi connectivity index (χ2v) is 5.84. The maximum absolute atomic E-state index is 11.7. The molecule has 8 N–H and O–H groups in total. The summed E-state index contributed by atoms with van der Waals surface area (Å²) in [4.78, 5) is 0.351. The third-order valence-electron chi connectivity index (χ3n) is 3.24. The summed E-state index contributed by atoms with van der Waals surface area (Å²) in [6.07, 6.45) is 0.637. The third-order valence-corrected chi connectivity index (χ3v) is 4.02. The largest absolute Gasteiger partial charge is 0.382 e. The number of nitrogens with one attached hydrogen (secondary N) is 2. The van der Waals surface area contributed by atoms with E-state index < -0.39 is 11.0 Å². The molecule has 9 heteroatoms. The average molecular weight is 336 g/mol. The number of ether oxygens (including phenoxy) is 1. The predicted octanol–water partition coefficient (Wildman–Crippen LogP) is -1.52. The lowest BCUT2D eigenvalue weighted by atomic mass is 10.1. The van der Waals surface area contributed by atoms with Crippen LogP contribution in [-0.4, -0.2) is 35.8 Å².